The monoisotopic (exact) mass is 308 g/mol. The fraction of sp³-hybridized carbons (Fsp3) is 0.357. The average molecular weight is 309 g/mol. The number of benzene rings is 1. The van der Waals surface area contributed by atoms with E-state index in [-0.39, 0.29) is 12.0 Å². The van der Waals surface area contributed by atoms with Gasteiger partial charge < -0.3 is 14.8 Å². The lowest BCUT2D eigenvalue weighted by Crippen LogP contribution is -2.07. The van der Waals surface area contributed by atoms with Crippen molar-refractivity contribution >= 4 is 17.5 Å². The molecule has 0 saturated carbocycles. The van der Waals surface area contributed by atoms with Gasteiger partial charge in [-0.2, -0.15) is 9.97 Å². The summed E-state index contributed by atoms with van der Waals surface area (Å²) in [5, 5.41) is 3.49. The van der Waals surface area contributed by atoms with Gasteiger partial charge in [0, 0.05) is 6.54 Å². The molecule has 6 nitrogen and oxygen atoms in total. The van der Waals surface area contributed by atoms with Gasteiger partial charge in [0.2, 0.25) is 5.95 Å². The number of hydrogen-bond donors (Lipinski definition) is 1. The van der Waals surface area contributed by atoms with E-state index in [0.29, 0.717) is 29.9 Å². The van der Waals surface area contributed by atoms with Crippen LogP contribution < -0.4 is 14.8 Å². The van der Waals surface area contributed by atoms with Crippen molar-refractivity contribution < 1.29 is 9.47 Å². The summed E-state index contributed by atoms with van der Waals surface area (Å²) in [4.78, 5) is 12.4. The predicted molar refractivity (Wildman–Crippen MR) is 81.4 cm³/mol. The van der Waals surface area contributed by atoms with E-state index in [2.05, 4.69) is 20.3 Å². The Hall–Kier alpha value is -2.08. The molecule has 0 aliphatic heterocycles. The smallest absolute Gasteiger partial charge is 0.330 e. The third kappa shape index (κ3) is 4.19. The molecule has 0 bridgehead atoms. The number of nitrogens with one attached hydrogen (secondary N) is 1. The van der Waals surface area contributed by atoms with Gasteiger partial charge in [-0.05, 0) is 38.5 Å². The second kappa shape index (κ2) is 7.08. The van der Waals surface area contributed by atoms with Gasteiger partial charge in [0.15, 0.2) is 0 Å². The molecule has 0 saturated heterocycles. The number of aryl methyl sites for hydroxylation is 1. The molecule has 2 rings (SSSR count). The molecule has 0 unspecified atom stereocenters. The van der Waals surface area contributed by atoms with Crippen LogP contribution in [0.4, 0.5) is 5.95 Å². The summed E-state index contributed by atoms with van der Waals surface area (Å²) in [6.07, 6.45) is 0. The van der Waals surface area contributed by atoms with Crippen LogP contribution in [-0.4, -0.2) is 28.1 Å². The van der Waals surface area contributed by atoms with Gasteiger partial charge in [0.25, 0.3) is 0 Å². The maximum Gasteiger partial charge on any atom is 0.330 e. The zero-order chi connectivity index (χ0) is 15.2. The molecule has 0 radical (unpaired) electrons. The van der Waals surface area contributed by atoms with Crippen LogP contribution in [0.1, 0.15) is 19.4 Å². The lowest BCUT2D eigenvalue weighted by molar-refractivity contribution is 0.304. The van der Waals surface area contributed by atoms with E-state index in [9.17, 15) is 0 Å². The fourth-order valence-electron chi connectivity index (χ4n) is 1.60. The van der Waals surface area contributed by atoms with Gasteiger partial charge in [-0.15, -0.1) is 4.98 Å². The third-order valence-electron chi connectivity index (χ3n) is 2.49. The molecule has 7 heteroatoms. The van der Waals surface area contributed by atoms with Crippen LogP contribution in [0.2, 0.25) is 5.02 Å². The SMILES string of the molecule is CCNc1nc(OCC)nc(Oc2cc(C)ccc2Cl)n1. The zero-order valence-electron chi connectivity index (χ0n) is 12.2. The van der Waals surface area contributed by atoms with Crippen molar-refractivity contribution in [2.75, 3.05) is 18.5 Å². The second-order valence-corrected chi connectivity index (χ2v) is 4.63. The number of rotatable bonds is 6. The minimum Gasteiger partial charge on any atom is -0.464 e. The molecule has 1 N–H and O–H groups in total. The quantitative estimate of drug-likeness (QED) is 0.881. The van der Waals surface area contributed by atoms with Crippen molar-refractivity contribution in [1.29, 1.82) is 0 Å². The van der Waals surface area contributed by atoms with E-state index in [0.717, 1.165) is 5.56 Å². The first-order valence-corrected chi connectivity index (χ1v) is 7.07. The van der Waals surface area contributed by atoms with Gasteiger partial charge in [0.05, 0.1) is 11.6 Å². The summed E-state index contributed by atoms with van der Waals surface area (Å²) >= 11 is 6.10. The van der Waals surface area contributed by atoms with Crippen LogP contribution in [0.15, 0.2) is 18.2 Å². The van der Waals surface area contributed by atoms with Crippen LogP contribution in [0.3, 0.4) is 0 Å². The molecular formula is C14H17ClN4O2. The second-order valence-electron chi connectivity index (χ2n) is 4.22. The minimum atomic E-state index is 0.136. The summed E-state index contributed by atoms with van der Waals surface area (Å²) in [5.41, 5.74) is 1.03. The Bertz CT molecular complexity index is 598. The highest BCUT2D eigenvalue weighted by Gasteiger charge is 2.11. The molecule has 112 valence electrons. The molecule has 0 atom stereocenters. The Morgan fingerprint density at radius 1 is 1.14 bits per heavy atom. The number of hydrogen-bond acceptors (Lipinski definition) is 6. The normalized spacial score (nSPS) is 10.3. The first-order chi connectivity index (χ1) is 10.1. The van der Waals surface area contributed by atoms with Crippen molar-refractivity contribution in [2.24, 2.45) is 0 Å². The Kier molecular flexibility index (Phi) is 5.16. The molecule has 0 spiro atoms. The highest BCUT2D eigenvalue weighted by atomic mass is 35.5. The largest absolute Gasteiger partial charge is 0.464 e. The molecule has 0 amide bonds. The molecular weight excluding hydrogens is 292 g/mol. The summed E-state index contributed by atoms with van der Waals surface area (Å²) in [7, 11) is 0. The van der Waals surface area contributed by atoms with Crippen LogP contribution in [0.25, 0.3) is 0 Å². The van der Waals surface area contributed by atoms with Crippen LogP contribution >= 0.6 is 11.6 Å². The summed E-state index contributed by atoms with van der Waals surface area (Å²) < 4.78 is 11.0. The molecule has 1 aromatic heterocycles. The zero-order valence-corrected chi connectivity index (χ0v) is 12.9. The van der Waals surface area contributed by atoms with E-state index in [1.165, 1.54) is 0 Å². The lowest BCUT2D eigenvalue weighted by atomic mass is 10.2. The number of ether oxygens (including phenoxy) is 2. The predicted octanol–water partition coefficient (Wildman–Crippen LogP) is 3.46. The van der Waals surface area contributed by atoms with Crippen molar-refractivity contribution in [3.63, 3.8) is 0 Å². The topological polar surface area (TPSA) is 69.2 Å². The third-order valence-corrected chi connectivity index (χ3v) is 2.80. The summed E-state index contributed by atoms with van der Waals surface area (Å²) in [6.45, 7) is 6.89. The fourth-order valence-corrected chi connectivity index (χ4v) is 1.76. The van der Waals surface area contributed by atoms with Crippen LogP contribution in [0, 0.1) is 6.92 Å². The molecule has 2 aromatic rings. The van der Waals surface area contributed by atoms with Gasteiger partial charge in [-0.25, -0.2) is 0 Å². The molecule has 0 fully saturated rings. The van der Waals surface area contributed by atoms with Gasteiger partial charge in [0.1, 0.15) is 5.75 Å². The van der Waals surface area contributed by atoms with Crippen molar-refractivity contribution in [3.05, 3.63) is 28.8 Å². The molecule has 1 heterocycles. The van der Waals surface area contributed by atoms with Crippen molar-refractivity contribution in [3.8, 4) is 17.8 Å². The van der Waals surface area contributed by atoms with Crippen molar-refractivity contribution in [1.82, 2.24) is 15.0 Å². The standard InChI is InChI=1S/C14H17ClN4O2/c1-4-16-12-17-13(20-5-2)19-14(18-12)21-11-8-9(3)6-7-10(11)15/h6-8H,4-5H2,1-3H3,(H,16,17,18,19). The summed E-state index contributed by atoms with van der Waals surface area (Å²) in [6, 6.07) is 5.83. The van der Waals surface area contributed by atoms with E-state index < -0.39 is 0 Å². The minimum absolute atomic E-state index is 0.136. The number of nitrogens with zero attached hydrogens (tertiary/aromatic N) is 3. The molecule has 1 aromatic carbocycles. The average Bonchev–Trinajstić information content (AvgIpc) is 2.43. The maximum atomic E-state index is 6.10. The Labute approximate surface area is 128 Å². The highest BCUT2D eigenvalue weighted by molar-refractivity contribution is 6.32. The van der Waals surface area contributed by atoms with Gasteiger partial charge in [-0.3, -0.25) is 0 Å². The highest BCUT2D eigenvalue weighted by Crippen LogP contribution is 2.29. The Balaban J connectivity index is 2.31. The number of aromatic nitrogens is 3. The molecule has 0 aliphatic carbocycles. The van der Waals surface area contributed by atoms with E-state index >= 15 is 0 Å². The molecule has 0 aliphatic rings. The number of halogens is 1. The molecule has 21 heavy (non-hydrogen) atoms. The van der Waals surface area contributed by atoms with Crippen LogP contribution in [0.5, 0.6) is 17.8 Å². The van der Waals surface area contributed by atoms with E-state index in [1.54, 1.807) is 6.07 Å². The van der Waals surface area contributed by atoms with Crippen LogP contribution in [-0.2, 0) is 0 Å². The number of anilines is 1. The van der Waals surface area contributed by atoms with Gasteiger partial charge in [-0.1, -0.05) is 17.7 Å². The lowest BCUT2D eigenvalue weighted by Gasteiger charge is -2.10. The Morgan fingerprint density at radius 2 is 1.90 bits per heavy atom. The van der Waals surface area contributed by atoms with E-state index in [1.807, 2.05) is 32.9 Å². The Morgan fingerprint density at radius 3 is 2.62 bits per heavy atom. The summed E-state index contributed by atoms with van der Waals surface area (Å²) in [5.74, 6) is 0.891. The maximum absolute atomic E-state index is 6.10. The van der Waals surface area contributed by atoms with Crippen molar-refractivity contribution in [2.45, 2.75) is 20.8 Å². The first kappa shape index (κ1) is 15.3. The first-order valence-electron chi connectivity index (χ1n) is 6.69. The van der Waals surface area contributed by atoms with E-state index in [4.69, 9.17) is 21.1 Å². The van der Waals surface area contributed by atoms with Gasteiger partial charge >= 0.3 is 12.0 Å².